The number of amides is 2. The van der Waals surface area contributed by atoms with E-state index in [4.69, 9.17) is 0 Å². The molecule has 0 unspecified atom stereocenters. The molecule has 1 saturated heterocycles. The number of urea groups is 1. The second-order valence-electron chi connectivity index (χ2n) is 6.11. The van der Waals surface area contributed by atoms with Gasteiger partial charge in [0, 0.05) is 5.69 Å². The Kier molecular flexibility index (Phi) is 7.36. The van der Waals surface area contributed by atoms with Crippen molar-refractivity contribution in [2.45, 2.75) is 33.1 Å². The number of nitrogens with zero attached hydrogens (tertiary/aromatic N) is 2. The largest absolute Gasteiger partial charge is 0.384 e. The summed E-state index contributed by atoms with van der Waals surface area (Å²) in [5.74, 6) is 0.864. The summed E-state index contributed by atoms with van der Waals surface area (Å²) in [7, 11) is 3.92. The summed E-state index contributed by atoms with van der Waals surface area (Å²) in [4.78, 5) is 14.6. The fourth-order valence-electron chi connectivity index (χ4n) is 2.84. The van der Waals surface area contributed by atoms with Gasteiger partial charge in [0.05, 0.1) is 27.2 Å². The Balaban J connectivity index is 0.00000264. The van der Waals surface area contributed by atoms with Gasteiger partial charge in [-0.25, -0.2) is 4.79 Å². The monoisotopic (exact) mass is 339 g/mol. The van der Waals surface area contributed by atoms with Crippen LogP contribution < -0.4 is 10.6 Å². The van der Waals surface area contributed by atoms with E-state index in [1.807, 2.05) is 50.7 Å². The van der Waals surface area contributed by atoms with Crippen molar-refractivity contribution in [3.05, 3.63) is 29.3 Å². The minimum atomic E-state index is -0.188. The van der Waals surface area contributed by atoms with Gasteiger partial charge >= 0.3 is 12.0 Å². The van der Waals surface area contributed by atoms with E-state index in [1.54, 1.807) is 0 Å². The Morgan fingerprint density at radius 2 is 1.65 bits per heavy atom. The van der Waals surface area contributed by atoms with Gasteiger partial charge < -0.3 is 0 Å². The van der Waals surface area contributed by atoms with Crippen LogP contribution in [0.1, 0.15) is 30.4 Å². The van der Waals surface area contributed by atoms with Gasteiger partial charge in [0.25, 0.3) is 0 Å². The minimum absolute atomic E-state index is 0. The number of likely N-dealkylation sites (tertiary alicyclic amines) is 1. The molecule has 0 bridgehead atoms. The highest BCUT2D eigenvalue weighted by atomic mass is 35.5. The normalized spacial score (nSPS) is 13.8. The van der Waals surface area contributed by atoms with Crippen LogP contribution in [0.5, 0.6) is 0 Å². The molecule has 1 aliphatic rings. The molecule has 0 spiro atoms. The van der Waals surface area contributed by atoms with Crippen molar-refractivity contribution in [3.63, 3.8) is 0 Å². The number of guanidine groups is 1. The molecular weight excluding hydrogens is 312 g/mol. The number of nitrogens with one attached hydrogen (secondary N) is 2. The van der Waals surface area contributed by atoms with Crippen LogP contribution >= 0.6 is 12.4 Å². The highest BCUT2D eigenvalue weighted by molar-refractivity contribution is 6.01. The molecule has 2 amide bonds. The molecule has 0 aliphatic carbocycles. The van der Waals surface area contributed by atoms with Gasteiger partial charge in [0.1, 0.15) is 0 Å². The van der Waals surface area contributed by atoms with Crippen LogP contribution in [0.2, 0.25) is 0 Å². The van der Waals surface area contributed by atoms with Crippen LogP contribution in [0.3, 0.4) is 0 Å². The smallest absolute Gasteiger partial charge is 0.294 e. The zero-order chi connectivity index (χ0) is 16.1. The van der Waals surface area contributed by atoms with E-state index < -0.39 is 0 Å². The number of carbonyl (C=O) groups excluding carboxylic acids is 1. The van der Waals surface area contributed by atoms with Crippen LogP contribution in [0.4, 0.5) is 10.5 Å². The standard InChI is InChI=1S/C17H26N4O.ClH/c1-13-9-8-10-14(2)15(13)18-16(22)19-17(20(3)4)21-11-6-5-7-12-21;/h8-10H,5-7,11-12H2,1-4H3,(H,18,22);1H/p+1. The number of hydrogen-bond acceptors (Lipinski definition) is 1. The zero-order valence-corrected chi connectivity index (χ0v) is 15.3. The Hall–Kier alpha value is -1.75. The molecule has 0 saturated carbocycles. The third-order valence-corrected chi connectivity index (χ3v) is 4.02. The van der Waals surface area contributed by atoms with Crippen molar-refractivity contribution in [3.8, 4) is 0 Å². The summed E-state index contributed by atoms with van der Waals surface area (Å²) in [5, 5.41) is 5.99. The van der Waals surface area contributed by atoms with E-state index in [0.29, 0.717) is 0 Å². The molecule has 2 rings (SSSR count). The molecule has 1 aliphatic heterocycles. The number of aryl methyl sites for hydroxylation is 2. The van der Waals surface area contributed by atoms with Crippen molar-refractivity contribution < 1.29 is 9.37 Å². The first kappa shape index (κ1) is 19.3. The number of benzene rings is 1. The fraction of sp³-hybridized carbons (Fsp3) is 0.529. The number of carbonyl (C=O) groups is 1. The molecule has 2 N–H and O–H groups in total. The lowest BCUT2D eigenvalue weighted by Gasteiger charge is -2.25. The zero-order valence-electron chi connectivity index (χ0n) is 14.5. The maximum Gasteiger partial charge on any atom is 0.384 e. The molecule has 1 fully saturated rings. The van der Waals surface area contributed by atoms with Crippen molar-refractivity contribution in [1.82, 2.24) is 10.2 Å². The summed E-state index contributed by atoms with van der Waals surface area (Å²) in [6, 6.07) is 5.82. The van der Waals surface area contributed by atoms with E-state index in [2.05, 4.69) is 15.5 Å². The van der Waals surface area contributed by atoms with Gasteiger partial charge in [0.2, 0.25) is 0 Å². The molecular formula is C17H28ClN4O+. The molecule has 1 aromatic carbocycles. The van der Waals surface area contributed by atoms with E-state index in [-0.39, 0.29) is 18.4 Å². The predicted octanol–water partition coefficient (Wildman–Crippen LogP) is 2.96. The van der Waals surface area contributed by atoms with Gasteiger partial charge in [-0.2, -0.15) is 5.32 Å². The Morgan fingerprint density at radius 3 is 2.17 bits per heavy atom. The van der Waals surface area contributed by atoms with E-state index in [0.717, 1.165) is 35.9 Å². The van der Waals surface area contributed by atoms with Gasteiger partial charge in [0.15, 0.2) is 0 Å². The fourth-order valence-corrected chi connectivity index (χ4v) is 2.84. The molecule has 5 nitrogen and oxygen atoms in total. The first-order valence-corrected chi connectivity index (χ1v) is 7.92. The van der Waals surface area contributed by atoms with Crippen molar-refractivity contribution in [2.24, 2.45) is 0 Å². The third kappa shape index (κ3) is 5.13. The van der Waals surface area contributed by atoms with E-state index >= 15 is 0 Å². The van der Waals surface area contributed by atoms with Gasteiger partial charge in [-0.05, 0) is 44.2 Å². The van der Waals surface area contributed by atoms with E-state index in [1.165, 1.54) is 19.3 Å². The first-order chi connectivity index (χ1) is 10.5. The SMILES string of the molecule is Cc1cccc(C)c1NC(=O)NC(N1CCCCC1)=[N+](C)C.Cl. The van der Waals surface area contributed by atoms with Crippen LogP contribution in [0, 0.1) is 13.8 Å². The van der Waals surface area contributed by atoms with Crippen LogP contribution in [0.25, 0.3) is 0 Å². The van der Waals surface area contributed by atoms with Crippen LogP contribution in [-0.4, -0.2) is 48.7 Å². The summed E-state index contributed by atoms with van der Waals surface area (Å²) in [6.07, 6.45) is 3.63. The number of anilines is 1. The maximum absolute atomic E-state index is 12.4. The number of piperidine rings is 1. The average molecular weight is 340 g/mol. The van der Waals surface area contributed by atoms with Crippen LogP contribution in [-0.2, 0) is 0 Å². The number of halogens is 1. The highest BCUT2D eigenvalue weighted by Crippen LogP contribution is 2.19. The highest BCUT2D eigenvalue weighted by Gasteiger charge is 2.25. The first-order valence-electron chi connectivity index (χ1n) is 7.92. The molecule has 1 aromatic rings. The lowest BCUT2D eigenvalue weighted by molar-refractivity contribution is -0.472. The number of rotatable bonds is 1. The average Bonchev–Trinajstić information content (AvgIpc) is 2.49. The maximum atomic E-state index is 12.4. The predicted molar refractivity (Wildman–Crippen MR) is 97.9 cm³/mol. The molecule has 1 heterocycles. The van der Waals surface area contributed by atoms with Gasteiger partial charge in [-0.1, -0.05) is 18.2 Å². The second kappa shape index (κ2) is 8.77. The van der Waals surface area contributed by atoms with Gasteiger partial charge in [-0.3, -0.25) is 14.8 Å². The molecule has 128 valence electrons. The summed E-state index contributed by atoms with van der Waals surface area (Å²) < 4.78 is 1.97. The molecule has 0 radical (unpaired) electrons. The minimum Gasteiger partial charge on any atom is -0.294 e. The number of para-hydroxylation sites is 1. The Bertz CT molecular complexity index is 556. The van der Waals surface area contributed by atoms with Gasteiger partial charge in [-0.15, -0.1) is 12.4 Å². The Labute approximate surface area is 145 Å². The van der Waals surface area contributed by atoms with Crippen LogP contribution in [0.15, 0.2) is 18.2 Å². The molecule has 0 atom stereocenters. The summed E-state index contributed by atoms with van der Waals surface area (Å²) >= 11 is 0. The summed E-state index contributed by atoms with van der Waals surface area (Å²) in [5.41, 5.74) is 3.02. The lowest BCUT2D eigenvalue weighted by atomic mass is 10.1. The lowest BCUT2D eigenvalue weighted by Crippen LogP contribution is -2.51. The van der Waals surface area contributed by atoms with E-state index in [9.17, 15) is 4.79 Å². The molecule has 0 aromatic heterocycles. The van der Waals surface area contributed by atoms with Crippen molar-refractivity contribution >= 4 is 30.1 Å². The van der Waals surface area contributed by atoms with Crippen molar-refractivity contribution in [2.75, 3.05) is 32.5 Å². The summed E-state index contributed by atoms with van der Waals surface area (Å²) in [6.45, 7) is 6.00. The topological polar surface area (TPSA) is 47.4 Å². The quantitative estimate of drug-likeness (QED) is 0.469. The molecule has 23 heavy (non-hydrogen) atoms. The second-order valence-corrected chi connectivity index (χ2v) is 6.11. The third-order valence-electron chi connectivity index (χ3n) is 4.02. The number of hydrogen-bond donors (Lipinski definition) is 2. The Morgan fingerprint density at radius 1 is 1.09 bits per heavy atom. The van der Waals surface area contributed by atoms with Crippen molar-refractivity contribution in [1.29, 1.82) is 0 Å². The molecule has 6 heteroatoms.